The summed E-state index contributed by atoms with van der Waals surface area (Å²) >= 11 is 1.56. The van der Waals surface area contributed by atoms with Gasteiger partial charge in [0.25, 0.3) is 0 Å². The minimum atomic E-state index is -1.23. The molecule has 2 unspecified atom stereocenters. The second-order valence-electron chi connectivity index (χ2n) is 10.0. The number of hydrogen-bond acceptors (Lipinski definition) is 7. The molecular weight excluding hydrogens is 450 g/mol. The van der Waals surface area contributed by atoms with Gasteiger partial charge in [0.1, 0.15) is 11.9 Å². The molecule has 0 radical (unpaired) electrons. The molecule has 5 atom stereocenters. The van der Waals surface area contributed by atoms with E-state index < -0.39 is 35.6 Å². The molecule has 188 valence electrons. The number of nitrogens with zero attached hydrogens (tertiary/aromatic N) is 1. The number of ether oxygens (including phenoxy) is 1. The molecule has 2 N–H and O–H groups in total. The molecule has 1 aromatic heterocycles. The number of carbonyl (C=O) groups is 2. The average molecular weight is 490 g/mol. The number of hydrogen-bond donors (Lipinski definition) is 2. The number of carbonyl (C=O) groups excluding carboxylic acids is 2. The van der Waals surface area contributed by atoms with Gasteiger partial charge < -0.3 is 14.9 Å². The van der Waals surface area contributed by atoms with Crippen molar-refractivity contribution in [3.05, 3.63) is 45.5 Å². The minimum absolute atomic E-state index is 0.225. The van der Waals surface area contributed by atoms with E-state index in [1.165, 1.54) is 0 Å². The van der Waals surface area contributed by atoms with Gasteiger partial charge in [0.15, 0.2) is 0 Å². The molecule has 1 aliphatic rings. The summed E-state index contributed by atoms with van der Waals surface area (Å²) in [4.78, 5) is 30.4. The Hall–Kier alpha value is -2.09. The van der Waals surface area contributed by atoms with Crippen LogP contribution in [0.4, 0.5) is 0 Å². The molecule has 0 bridgehead atoms. The molecule has 0 fully saturated rings. The third-order valence-electron chi connectivity index (χ3n) is 6.65. The lowest BCUT2D eigenvalue weighted by Gasteiger charge is -2.34. The molecule has 2 heterocycles. The van der Waals surface area contributed by atoms with Crippen LogP contribution in [0.5, 0.6) is 0 Å². The molecule has 0 aliphatic carbocycles. The average Bonchev–Trinajstić information content (AvgIpc) is 3.18. The largest absolute Gasteiger partial charge is 0.457 e. The lowest BCUT2D eigenvalue weighted by atomic mass is 9.73. The Labute approximate surface area is 207 Å². The molecule has 0 saturated carbocycles. The Balaban J connectivity index is 2.37. The van der Waals surface area contributed by atoms with E-state index in [0.29, 0.717) is 12.8 Å². The maximum atomic E-state index is 13.1. The quantitative estimate of drug-likeness (QED) is 0.446. The normalized spacial score (nSPS) is 32.6. The van der Waals surface area contributed by atoms with Crippen molar-refractivity contribution in [2.24, 2.45) is 17.3 Å². The Morgan fingerprint density at radius 1 is 1.24 bits per heavy atom. The van der Waals surface area contributed by atoms with E-state index >= 15 is 0 Å². The smallest absolute Gasteiger partial charge is 0.309 e. The van der Waals surface area contributed by atoms with Gasteiger partial charge in [-0.25, -0.2) is 4.98 Å². The van der Waals surface area contributed by atoms with Gasteiger partial charge in [0, 0.05) is 23.6 Å². The SMILES string of the molecule is C/C1=C/CC(/C(C)=C/c2csc(C)n2)OC(=O)C[C@H](O)C(C)(C)C(=O)C(C)[C@@H](O)[C@@H](C)/C=C/C1. The second kappa shape index (κ2) is 12.0. The van der Waals surface area contributed by atoms with Crippen molar-refractivity contribution in [3.8, 4) is 0 Å². The van der Waals surface area contributed by atoms with Crippen LogP contribution in [0, 0.1) is 24.2 Å². The Morgan fingerprint density at radius 2 is 1.91 bits per heavy atom. The molecule has 0 spiro atoms. The van der Waals surface area contributed by atoms with Crippen molar-refractivity contribution in [2.75, 3.05) is 0 Å². The van der Waals surface area contributed by atoms with Crippen LogP contribution in [-0.4, -0.2) is 45.3 Å². The highest BCUT2D eigenvalue weighted by Gasteiger charge is 2.42. The molecule has 0 aromatic carbocycles. The highest BCUT2D eigenvalue weighted by Crippen LogP contribution is 2.31. The highest BCUT2D eigenvalue weighted by molar-refractivity contribution is 7.09. The van der Waals surface area contributed by atoms with Gasteiger partial charge in [-0.2, -0.15) is 0 Å². The maximum Gasteiger partial charge on any atom is 0.309 e. The van der Waals surface area contributed by atoms with Crippen LogP contribution in [0.1, 0.15) is 71.5 Å². The number of aliphatic hydroxyl groups is 2. The summed E-state index contributed by atoms with van der Waals surface area (Å²) < 4.78 is 5.79. The Bertz CT molecular complexity index is 958. The molecule has 34 heavy (non-hydrogen) atoms. The zero-order valence-electron chi connectivity index (χ0n) is 21.4. The fraction of sp³-hybridized carbons (Fsp3) is 0.593. The van der Waals surface area contributed by atoms with Crippen molar-refractivity contribution in [1.82, 2.24) is 4.98 Å². The number of ketones is 1. The predicted molar refractivity (Wildman–Crippen MR) is 136 cm³/mol. The van der Waals surface area contributed by atoms with Crippen molar-refractivity contribution in [3.63, 3.8) is 0 Å². The van der Waals surface area contributed by atoms with Crippen LogP contribution in [0.25, 0.3) is 6.08 Å². The number of allylic oxidation sites excluding steroid dienone is 2. The lowest BCUT2D eigenvalue weighted by Crippen LogP contribution is -2.45. The summed E-state index contributed by atoms with van der Waals surface area (Å²) in [6.45, 7) is 12.6. The molecule has 2 rings (SSSR count). The summed E-state index contributed by atoms with van der Waals surface area (Å²) in [5, 5.41) is 24.4. The van der Waals surface area contributed by atoms with Crippen LogP contribution in [-0.2, 0) is 14.3 Å². The molecule has 1 aliphatic heterocycles. The first-order chi connectivity index (χ1) is 15.8. The maximum absolute atomic E-state index is 13.1. The second-order valence-corrected chi connectivity index (χ2v) is 11.1. The van der Waals surface area contributed by atoms with E-state index in [-0.39, 0.29) is 18.1 Å². The number of aromatic nitrogens is 1. The summed E-state index contributed by atoms with van der Waals surface area (Å²) in [5.41, 5.74) is 1.57. The van der Waals surface area contributed by atoms with Crippen molar-refractivity contribution >= 4 is 29.2 Å². The summed E-state index contributed by atoms with van der Waals surface area (Å²) in [6.07, 6.45) is 6.13. The van der Waals surface area contributed by atoms with Gasteiger partial charge in [-0.1, -0.05) is 51.5 Å². The zero-order chi connectivity index (χ0) is 25.6. The van der Waals surface area contributed by atoms with Gasteiger partial charge in [0.2, 0.25) is 0 Å². The van der Waals surface area contributed by atoms with Crippen LogP contribution in [0.15, 0.2) is 34.8 Å². The molecular formula is C27H39NO5S. The fourth-order valence-corrected chi connectivity index (χ4v) is 4.62. The van der Waals surface area contributed by atoms with E-state index in [1.54, 1.807) is 32.1 Å². The van der Waals surface area contributed by atoms with Crippen LogP contribution < -0.4 is 0 Å². The third kappa shape index (κ3) is 7.45. The topological polar surface area (TPSA) is 96.7 Å². The molecule has 0 amide bonds. The highest BCUT2D eigenvalue weighted by atomic mass is 32.1. The van der Waals surface area contributed by atoms with E-state index in [9.17, 15) is 19.8 Å². The standard InChI is InChI=1S/C27H39NO5S/c1-16-9-8-10-17(2)25(31)19(4)26(32)27(6,7)23(29)14-24(30)33-22(12-11-16)18(3)13-21-15-34-20(5)28-21/h8,10-11,13,15,17,19,22-23,25,29,31H,9,12,14H2,1-7H3/b10-8+,16-11-,18-13+/t17-,19?,22?,23-,25-/m0/s1. The number of aliphatic hydroxyl groups excluding tert-OH is 2. The number of rotatable bonds is 2. The number of thiazole rings is 1. The fourth-order valence-electron chi connectivity index (χ4n) is 4.05. The van der Waals surface area contributed by atoms with Gasteiger partial charge in [-0.15, -0.1) is 11.3 Å². The molecule has 6 nitrogen and oxygen atoms in total. The molecule has 7 heteroatoms. The first kappa shape index (κ1) is 28.1. The van der Waals surface area contributed by atoms with Gasteiger partial charge in [-0.3, -0.25) is 9.59 Å². The summed E-state index contributed by atoms with van der Waals surface area (Å²) in [5.74, 6) is -1.77. The van der Waals surface area contributed by atoms with E-state index in [4.69, 9.17) is 4.74 Å². The molecule has 0 saturated heterocycles. The lowest BCUT2D eigenvalue weighted by molar-refractivity contribution is -0.154. The Kier molecular flexibility index (Phi) is 9.97. The Morgan fingerprint density at radius 3 is 2.53 bits per heavy atom. The first-order valence-corrected chi connectivity index (χ1v) is 12.7. The third-order valence-corrected chi connectivity index (χ3v) is 7.44. The number of aryl methyl sites for hydroxylation is 1. The van der Waals surface area contributed by atoms with Gasteiger partial charge in [0.05, 0.1) is 34.7 Å². The van der Waals surface area contributed by atoms with Crippen molar-refractivity contribution < 1.29 is 24.5 Å². The van der Waals surface area contributed by atoms with Crippen LogP contribution >= 0.6 is 11.3 Å². The van der Waals surface area contributed by atoms with Crippen molar-refractivity contribution in [1.29, 1.82) is 0 Å². The number of esters is 1. The minimum Gasteiger partial charge on any atom is -0.457 e. The van der Waals surface area contributed by atoms with Crippen LogP contribution in [0.3, 0.4) is 0 Å². The number of Topliss-reactive ketones (excluding diaryl/α,β-unsaturated/α-hetero) is 1. The number of cyclic esters (lactones) is 1. The van der Waals surface area contributed by atoms with E-state index in [1.807, 2.05) is 57.4 Å². The summed E-state index contributed by atoms with van der Waals surface area (Å²) in [7, 11) is 0. The van der Waals surface area contributed by atoms with Gasteiger partial charge in [-0.05, 0) is 38.8 Å². The monoisotopic (exact) mass is 489 g/mol. The zero-order valence-corrected chi connectivity index (χ0v) is 22.2. The molecule has 1 aromatic rings. The van der Waals surface area contributed by atoms with E-state index in [2.05, 4.69) is 4.98 Å². The van der Waals surface area contributed by atoms with Gasteiger partial charge >= 0.3 is 5.97 Å². The van der Waals surface area contributed by atoms with Crippen molar-refractivity contribution in [2.45, 2.75) is 86.0 Å². The predicted octanol–water partition coefficient (Wildman–Crippen LogP) is 5.04. The van der Waals surface area contributed by atoms with E-state index in [0.717, 1.165) is 21.8 Å². The summed E-state index contributed by atoms with van der Waals surface area (Å²) in [6, 6.07) is 0. The first-order valence-electron chi connectivity index (χ1n) is 11.9. The van der Waals surface area contributed by atoms with Crippen LogP contribution in [0.2, 0.25) is 0 Å².